The predicted octanol–water partition coefficient (Wildman–Crippen LogP) is 4.40. The van der Waals surface area contributed by atoms with Crippen LogP contribution in [0.25, 0.3) is 11.1 Å². The standard InChI is InChI=1S/C22H22N2O3S/c1-3-18-14(2)28-22(20(18)21(23)26)24-19(25)13-27-17-11-9-16(10-12-17)15-7-5-4-6-8-15/h4-12H,3,13H2,1-2H3,(H2,23,26)(H,24,25). The summed E-state index contributed by atoms with van der Waals surface area (Å²) in [7, 11) is 0. The lowest BCUT2D eigenvalue weighted by atomic mass is 10.1. The molecule has 0 fully saturated rings. The second-order valence-electron chi connectivity index (χ2n) is 6.29. The van der Waals surface area contributed by atoms with E-state index in [0.717, 1.165) is 21.6 Å². The van der Waals surface area contributed by atoms with E-state index in [1.54, 1.807) is 0 Å². The van der Waals surface area contributed by atoms with Crippen LogP contribution in [-0.2, 0) is 11.2 Å². The van der Waals surface area contributed by atoms with Crippen LogP contribution in [0, 0.1) is 6.92 Å². The number of carbonyl (C=O) groups is 2. The molecular formula is C22H22N2O3S. The van der Waals surface area contributed by atoms with Gasteiger partial charge in [0.25, 0.3) is 11.8 Å². The van der Waals surface area contributed by atoms with Crippen molar-refractivity contribution in [1.82, 2.24) is 0 Å². The van der Waals surface area contributed by atoms with Crippen molar-refractivity contribution in [1.29, 1.82) is 0 Å². The summed E-state index contributed by atoms with van der Waals surface area (Å²) in [5.74, 6) is -0.269. The van der Waals surface area contributed by atoms with E-state index in [0.29, 0.717) is 22.7 Å². The summed E-state index contributed by atoms with van der Waals surface area (Å²) in [6.45, 7) is 3.72. The average Bonchev–Trinajstić information content (AvgIpc) is 3.02. The number of benzene rings is 2. The molecule has 0 saturated carbocycles. The third kappa shape index (κ3) is 4.40. The van der Waals surface area contributed by atoms with E-state index in [1.165, 1.54) is 11.3 Å². The highest BCUT2D eigenvalue weighted by molar-refractivity contribution is 7.16. The van der Waals surface area contributed by atoms with Gasteiger partial charge >= 0.3 is 0 Å². The first kappa shape index (κ1) is 19.6. The van der Waals surface area contributed by atoms with Crippen molar-refractivity contribution in [2.75, 3.05) is 11.9 Å². The molecule has 0 aliphatic rings. The quantitative estimate of drug-likeness (QED) is 0.623. The van der Waals surface area contributed by atoms with Crippen LogP contribution in [0.4, 0.5) is 5.00 Å². The van der Waals surface area contributed by atoms with E-state index in [1.807, 2.05) is 68.4 Å². The molecule has 6 heteroatoms. The van der Waals surface area contributed by atoms with Gasteiger partial charge in [-0.1, -0.05) is 49.4 Å². The Hall–Kier alpha value is -3.12. The van der Waals surface area contributed by atoms with Crippen molar-refractivity contribution in [3.63, 3.8) is 0 Å². The molecule has 3 aromatic rings. The largest absolute Gasteiger partial charge is 0.484 e. The summed E-state index contributed by atoms with van der Waals surface area (Å²) >= 11 is 1.36. The number of ether oxygens (including phenoxy) is 1. The van der Waals surface area contributed by atoms with Gasteiger partial charge in [0.1, 0.15) is 10.8 Å². The number of thiophene rings is 1. The van der Waals surface area contributed by atoms with Crippen LogP contribution in [0.2, 0.25) is 0 Å². The van der Waals surface area contributed by atoms with Gasteiger partial charge in [-0.3, -0.25) is 9.59 Å². The highest BCUT2D eigenvalue weighted by atomic mass is 32.1. The number of primary amides is 1. The number of hydrogen-bond donors (Lipinski definition) is 2. The number of hydrogen-bond acceptors (Lipinski definition) is 4. The fraction of sp³-hybridized carbons (Fsp3) is 0.182. The second-order valence-corrected chi connectivity index (χ2v) is 7.51. The van der Waals surface area contributed by atoms with Gasteiger partial charge in [-0.05, 0) is 42.2 Å². The number of anilines is 1. The van der Waals surface area contributed by atoms with Crippen LogP contribution >= 0.6 is 11.3 Å². The summed E-state index contributed by atoms with van der Waals surface area (Å²) in [5.41, 5.74) is 8.96. The maximum absolute atomic E-state index is 12.3. The predicted molar refractivity (Wildman–Crippen MR) is 113 cm³/mol. The molecule has 0 spiro atoms. The Labute approximate surface area is 168 Å². The van der Waals surface area contributed by atoms with Crippen molar-refractivity contribution in [2.24, 2.45) is 5.73 Å². The van der Waals surface area contributed by atoms with Crippen LogP contribution in [0.5, 0.6) is 5.75 Å². The molecule has 5 nitrogen and oxygen atoms in total. The van der Waals surface area contributed by atoms with Crippen molar-refractivity contribution in [3.05, 3.63) is 70.6 Å². The van der Waals surface area contributed by atoms with E-state index < -0.39 is 5.91 Å². The van der Waals surface area contributed by atoms with Gasteiger partial charge in [0, 0.05) is 4.88 Å². The molecule has 0 unspecified atom stereocenters. The summed E-state index contributed by atoms with van der Waals surface area (Å²) in [6, 6.07) is 17.6. The summed E-state index contributed by atoms with van der Waals surface area (Å²) in [6.07, 6.45) is 0.681. The summed E-state index contributed by atoms with van der Waals surface area (Å²) in [4.78, 5) is 25.0. The van der Waals surface area contributed by atoms with Crippen LogP contribution in [0.3, 0.4) is 0 Å². The fourth-order valence-electron chi connectivity index (χ4n) is 3.04. The van der Waals surface area contributed by atoms with Crippen molar-refractivity contribution < 1.29 is 14.3 Å². The van der Waals surface area contributed by atoms with Gasteiger partial charge in [-0.15, -0.1) is 11.3 Å². The third-order valence-corrected chi connectivity index (χ3v) is 5.46. The highest BCUT2D eigenvalue weighted by Gasteiger charge is 2.20. The Balaban J connectivity index is 1.63. The molecule has 3 rings (SSSR count). The zero-order valence-electron chi connectivity index (χ0n) is 15.8. The van der Waals surface area contributed by atoms with Gasteiger partial charge in [0.15, 0.2) is 6.61 Å². The lowest BCUT2D eigenvalue weighted by molar-refractivity contribution is -0.118. The lowest BCUT2D eigenvalue weighted by Crippen LogP contribution is -2.22. The molecule has 0 radical (unpaired) electrons. The Morgan fingerprint density at radius 1 is 1.04 bits per heavy atom. The molecule has 0 atom stereocenters. The first-order valence-corrected chi connectivity index (χ1v) is 9.81. The van der Waals surface area contributed by atoms with Crippen LogP contribution in [0.15, 0.2) is 54.6 Å². The van der Waals surface area contributed by atoms with Gasteiger partial charge in [0.2, 0.25) is 0 Å². The first-order chi connectivity index (χ1) is 13.5. The first-order valence-electron chi connectivity index (χ1n) is 8.99. The van der Waals surface area contributed by atoms with Crippen LogP contribution in [0.1, 0.15) is 27.7 Å². The number of carbonyl (C=O) groups excluding carboxylic acids is 2. The normalized spacial score (nSPS) is 10.5. The Bertz CT molecular complexity index is 979. The minimum Gasteiger partial charge on any atom is -0.484 e. The minimum atomic E-state index is -0.533. The molecule has 144 valence electrons. The van der Waals surface area contributed by atoms with E-state index in [-0.39, 0.29) is 12.5 Å². The number of amides is 2. The van der Waals surface area contributed by atoms with E-state index in [9.17, 15) is 9.59 Å². The Morgan fingerprint density at radius 2 is 1.68 bits per heavy atom. The van der Waals surface area contributed by atoms with Crippen LogP contribution in [-0.4, -0.2) is 18.4 Å². The lowest BCUT2D eigenvalue weighted by Gasteiger charge is -2.09. The number of rotatable bonds is 7. The third-order valence-electron chi connectivity index (χ3n) is 4.39. The van der Waals surface area contributed by atoms with Crippen LogP contribution < -0.4 is 15.8 Å². The number of nitrogens with one attached hydrogen (secondary N) is 1. The van der Waals surface area contributed by atoms with E-state index in [4.69, 9.17) is 10.5 Å². The Kier molecular flexibility index (Phi) is 6.11. The molecule has 0 aliphatic carbocycles. The highest BCUT2D eigenvalue weighted by Crippen LogP contribution is 2.33. The smallest absolute Gasteiger partial charge is 0.262 e. The van der Waals surface area contributed by atoms with Gasteiger partial charge in [0.05, 0.1) is 5.56 Å². The molecule has 2 amide bonds. The monoisotopic (exact) mass is 394 g/mol. The second kappa shape index (κ2) is 8.71. The molecule has 2 aromatic carbocycles. The average molecular weight is 394 g/mol. The Morgan fingerprint density at radius 3 is 2.29 bits per heavy atom. The molecular weight excluding hydrogens is 372 g/mol. The zero-order chi connectivity index (χ0) is 20.1. The zero-order valence-corrected chi connectivity index (χ0v) is 16.6. The van der Waals surface area contributed by atoms with E-state index in [2.05, 4.69) is 5.32 Å². The topological polar surface area (TPSA) is 81.4 Å². The molecule has 0 bridgehead atoms. The molecule has 1 heterocycles. The van der Waals surface area contributed by atoms with Crippen molar-refractivity contribution in [2.45, 2.75) is 20.3 Å². The summed E-state index contributed by atoms with van der Waals surface area (Å²) in [5, 5.41) is 3.23. The van der Waals surface area contributed by atoms with E-state index >= 15 is 0 Å². The van der Waals surface area contributed by atoms with Gasteiger partial charge < -0.3 is 15.8 Å². The minimum absolute atomic E-state index is 0.151. The van der Waals surface area contributed by atoms with Crippen molar-refractivity contribution in [3.8, 4) is 16.9 Å². The molecule has 0 aliphatic heterocycles. The number of aryl methyl sites for hydroxylation is 1. The maximum Gasteiger partial charge on any atom is 0.262 e. The molecule has 0 saturated heterocycles. The van der Waals surface area contributed by atoms with Gasteiger partial charge in [-0.25, -0.2) is 0 Å². The fourth-order valence-corrected chi connectivity index (χ4v) is 4.21. The maximum atomic E-state index is 12.3. The molecule has 28 heavy (non-hydrogen) atoms. The van der Waals surface area contributed by atoms with Gasteiger partial charge in [-0.2, -0.15) is 0 Å². The molecule has 3 N–H and O–H groups in total. The number of nitrogens with two attached hydrogens (primary N) is 1. The summed E-state index contributed by atoms with van der Waals surface area (Å²) < 4.78 is 5.57. The SMILES string of the molecule is CCc1c(C)sc(NC(=O)COc2ccc(-c3ccccc3)cc2)c1C(N)=O. The molecule has 1 aromatic heterocycles. The van der Waals surface area contributed by atoms with Crippen molar-refractivity contribution >= 4 is 28.2 Å².